The minimum Gasteiger partial charge on any atom is -0.489 e. The largest absolute Gasteiger partial charge is 0.489 e. The molecular weight excluding hydrogens is 421 g/mol. The highest BCUT2D eigenvalue weighted by Crippen LogP contribution is 2.28. The van der Waals surface area contributed by atoms with Crippen molar-refractivity contribution in [1.82, 2.24) is 19.9 Å². The molecule has 3 heterocycles. The molecule has 0 radical (unpaired) electrons. The topological polar surface area (TPSA) is 95.1 Å². The minimum absolute atomic E-state index is 0.0578. The average Bonchev–Trinajstić information content (AvgIpc) is 3.46. The Morgan fingerprint density at radius 2 is 2.06 bits per heavy atom. The number of halogens is 1. The van der Waals surface area contributed by atoms with Crippen molar-refractivity contribution in [1.29, 1.82) is 0 Å². The van der Waals surface area contributed by atoms with E-state index in [-0.39, 0.29) is 18.1 Å². The summed E-state index contributed by atoms with van der Waals surface area (Å²) >= 11 is 1.31. The molecule has 160 valence electrons. The third-order valence-corrected chi connectivity index (χ3v) is 5.56. The normalized spacial score (nSPS) is 11.0. The van der Waals surface area contributed by atoms with E-state index < -0.39 is 5.91 Å². The molecule has 1 aromatic carbocycles. The fraction of sp³-hybridized carbons (Fsp3) is 0.238. The Morgan fingerprint density at radius 3 is 2.77 bits per heavy atom. The number of amides is 1. The maximum atomic E-state index is 13.0. The van der Waals surface area contributed by atoms with Crippen molar-refractivity contribution >= 4 is 22.4 Å². The van der Waals surface area contributed by atoms with Gasteiger partial charge in [0.15, 0.2) is 10.8 Å². The summed E-state index contributed by atoms with van der Waals surface area (Å²) in [7, 11) is 0. The third-order valence-electron chi connectivity index (χ3n) is 4.80. The van der Waals surface area contributed by atoms with Crippen LogP contribution in [0.5, 0.6) is 5.75 Å². The standard InChI is InChI=1S/C21H20FN5O3S/c1-4-27-12(2)16(9-23-27)18-11-31-21(24-18)25-20(28)19-17(13(3)30-26-19)10-29-15-7-5-14(22)6-8-15/h5-9,11H,4,10H2,1-3H3,(H,24,25,28). The molecule has 0 saturated carbocycles. The third kappa shape index (κ3) is 4.33. The molecule has 0 atom stereocenters. The van der Waals surface area contributed by atoms with Crippen molar-refractivity contribution in [3.63, 3.8) is 0 Å². The summed E-state index contributed by atoms with van der Waals surface area (Å²) in [5, 5.41) is 13.3. The molecule has 4 rings (SSSR count). The summed E-state index contributed by atoms with van der Waals surface area (Å²) < 4.78 is 25.8. The van der Waals surface area contributed by atoms with E-state index in [4.69, 9.17) is 9.26 Å². The van der Waals surface area contributed by atoms with E-state index in [2.05, 4.69) is 20.6 Å². The zero-order valence-corrected chi connectivity index (χ0v) is 18.0. The van der Waals surface area contributed by atoms with E-state index >= 15 is 0 Å². The molecule has 0 spiro atoms. The van der Waals surface area contributed by atoms with Crippen molar-refractivity contribution < 1.29 is 18.4 Å². The first-order valence-electron chi connectivity index (χ1n) is 9.59. The van der Waals surface area contributed by atoms with Gasteiger partial charge in [0.2, 0.25) is 0 Å². The van der Waals surface area contributed by atoms with Gasteiger partial charge in [-0.2, -0.15) is 5.10 Å². The number of nitrogens with zero attached hydrogens (tertiary/aromatic N) is 4. The van der Waals surface area contributed by atoms with Crippen LogP contribution in [-0.2, 0) is 13.2 Å². The molecule has 0 aliphatic rings. The molecule has 1 amide bonds. The molecule has 0 unspecified atom stereocenters. The van der Waals surface area contributed by atoms with E-state index in [1.165, 1.54) is 35.6 Å². The Morgan fingerprint density at radius 1 is 1.29 bits per heavy atom. The van der Waals surface area contributed by atoms with Crippen LogP contribution in [0.3, 0.4) is 0 Å². The first-order chi connectivity index (χ1) is 15.0. The van der Waals surface area contributed by atoms with Gasteiger partial charge in [0.1, 0.15) is 23.9 Å². The SMILES string of the molecule is CCn1ncc(-c2csc(NC(=O)c3noc(C)c3COc3ccc(F)cc3)n2)c1C. The molecule has 3 aromatic heterocycles. The Bertz CT molecular complexity index is 1210. The summed E-state index contributed by atoms with van der Waals surface area (Å²) in [5.41, 5.74) is 3.31. The molecule has 0 aliphatic heterocycles. The summed E-state index contributed by atoms with van der Waals surface area (Å²) in [5.74, 6) is 0.140. The van der Waals surface area contributed by atoms with Gasteiger partial charge in [0.05, 0.1) is 17.5 Å². The van der Waals surface area contributed by atoms with Gasteiger partial charge < -0.3 is 9.26 Å². The lowest BCUT2D eigenvalue weighted by molar-refractivity contribution is 0.101. The van der Waals surface area contributed by atoms with Gasteiger partial charge in [0, 0.05) is 23.2 Å². The van der Waals surface area contributed by atoms with Crippen LogP contribution in [0.25, 0.3) is 11.3 Å². The number of carbonyl (C=O) groups excluding carboxylic acids is 1. The van der Waals surface area contributed by atoms with Crippen LogP contribution in [0.4, 0.5) is 9.52 Å². The molecular formula is C21H20FN5O3S. The number of hydrogen-bond donors (Lipinski definition) is 1. The lowest BCUT2D eigenvalue weighted by Crippen LogP contribution is -2.15. The van der Waals surface area contributed by atoms with Crippen LogP contribution in [0.15, 0.2) is 40.4 Å². The van der Waals surface area contributed by atoms with Gasteiger partial charge in [-0.25, -0.2) is 9.37 Å². The zero-order chi connectivity index (χ0) is 22.0. The maximum absolute atomic E-state index is 13.0. The van der Waals surface area contributed by atoms with Crippen LogP contribution >= 0.6 is 11.3 Å². The van der Waals surface area contributed by atoms with E-state index in [1.54, 1.807) is 13.1 Å². The molecule has 10 heteroatoms. The van der Waals surface area contributed by atoms with Crippen LogP contribution < -0.4 is 10.1 Å². The summed E-state index contributed by atoms with van der Waals surface area (Å²) in [6, 6.07) is 5.63. The summed E-state index contributed by atoms with van der Waals surface area (Å²) in [4.78, 5) is 17.3. The molecule has 0 aliphatic carbocycles. The molecule has 8 nitrogen and oxygen atoms in total. The van der Waals surface area contributed by atoms with Crippen molar-refractivity contribution in [3.8, 4) is 17.0 Å². The quantitative estimate of drug-likeness (QED) is 0.450. The molecule has 1 N–H and O–H groups in total. The highest BCUT2D eigenvalue weighted by Gasteiger charge is 2.22. The zero-order valence-electron chi connectivity index (χ0n) is 17.2. The van der Waals surface area contributed by atoms with Gasteiger partial charge >= 0.3 is 0 Å². The van der Waals surface area contributed by atoms with Crippen LogP contribution in [0.2, 0.25) is 0 Å². The first kappa shape index (κ1) is 20.7. The van der Waals surface area contributed by atoms with Crippen LogP contribution in [-0.4, -0.2) is 25.8 Å². The van der Waals surface area contributed by atoms with E-state index in [9.17, 15) is 9.18 Å². The Labute approximate surface area is 181 Å². The Kier molecular flexibility index (Phi) is 5.81. The lowest BCUT2D eigenvalue weighted by Gasteiger charge is -2.06. The fourth-order valence-electron chi connectivity index (χ4n) is 3.05. The predicted molar refractivity (Wildman–Crippen MR) is 114 cm³/mol. The number of anilines is 1. The number of nitrogens with one attached hydrogen (secondary N) is 1. The van der Waals surface area contributed by atoms with Gasteiger partial charge in [-0.1, -0.05) is 5.16 Å². The minimum atomic E-state index is -0.448. The summed E-state index contributed by atoms with van der Waals surface area (Å²) in [6.45, 7) is 6.53. The number of rotatable bonds is 7. The Hall–Kier alpha value is -3.53. The lowest BCUT2D eigenvalue weighted by atomic mass is 10.2. The number of thiazole rings is 1. The number of hydrogen-bond acceptors (Lipinski definition) is 7. The van der Waals surface area contributed by atoms with Gasteiger partial charge in [-0.3, -0.25) is 14.8 Å². The highest BCUT2D eigenvalue weighted by molar-refractivity contribution is 7.14. The fourth-order valence-corrected chi connectivity index (χ4v) is 3.76. The monoisotopic (exact) mass is 441 g/mol. The molecule has 31 heavy (non-hydrogen) atoms. The van der Waals surface area contributed by atoms with E-state index in [1.807, 2.05) is 23.9 Å². The number of benzene rings is 1. The number of carbonyl (C=O) groups is 1. The molecule has 4 aromatic rings. The number of ether oxygens (including phenoxy) is 1. The summed E-state index contributed by atoms with van der Waals surface area (Å²) in [6.07, 6.45) is 1.77. The van der Waals surface area contributed by atoms with Crippen LogP contribution in [0, 0.1) is 19.7 Å². The van der Waals surface area contributed by atoms with Crippen molar-refractivity contribution in [2.75, 3.05) is 5.32 Å². The van der Waals surface area contributed by atoms with Crippen molar-refractivity contribution in [2.24, 2.45) is 0 Å². The van der Waals surface area contributed by atoms with Crippen molar-refractivity contribution in [2.45, 2.75) is 33.9 Å². The number of aryl methyl sites for hydroxylation is 2. The molecule has 0 bridgehead atoms. The smallest absolute Gasteiger partial charge is 0.280 e. The Balaban J connectivity index is 1.47. The van der Waals surface area contributed by atoms with Gasteiger partial charge in [-0.05, 0) is 45.0 Å². The van der Waals surface area contributed by atoms with E-state index in [0.29, 0.717) is 22.2 Å². The second-order valence-electron chi connectivity index (χ2n) is 6.76. The van der Waals surface area contributed by atoms with E-state index in [0.717, 1.165) is 23.5 Å². The molecule has 0 fully saturated rings. The highest BCUT2D eigenvalue weighted by atomic mass is 32.1. The first-order valence-corrected chi connectivity index (χ1v) is 10.5. The molecule has 0 saturated heterocycles. The second kappa shape index (κ2) is 8.68. The predicted octanol–water partition coefficient (Wildman–Crippen LogP) is 4.60. The average molecular weight is 441 g/mol. The number of aromatic nitrogens is 4. The van der Waals surface area contributed by atoms with Gasteiger partial charge in [0.25, 0.3) is 5.91 Å². The second-order valence-corrected chi connectivity index (χ2v) is 7.62. The van der Waals surface area contributed by atoms with Crippen molar-refractivity contribution in [3.05, 3.63) is 64.4 Å². The van der Waals surface area contributed by atoms with Crippen LogP contribution in [0.1, 0.15) is 34.4 Å². The van der Waals surface area contributed by atoms with Gasteiger partial charge in [-0.15, -0.1) is 11.3 Å². The maximum Gasteiger partial charge on any atom is 0.280 e.